The number of benzene rings is 3. The van der Waals surface area contributed by atoms with Crippen molar-refractivity contribution < 1.29 is 9.59 Å². The number of rotatable bonds is 6. The lowest BCUT2D eigenvalue weighted by molar-refractivity contribution is -0.141. The normalized spacial score (nSPS) is 16.3. The molecule has 1 saturated heterocycles. The van der Waals surface area contributed by atoms with Crippen molar-refractivity contribution in [1.82, 2.24) is 10.2 Å². The summed E-state index contributed by atoms with van der Waals surface area (Å²) in [6.45, 7) is 3.13. The molecule has 0 aliphatic carbocycles. The van der Waals surface area contributed by atoms with E-state index in [4.69, 9.17) is 0 Å². The first-order valence-corrected chi connectivity index (χ1v) is 11.4. The maximum atomic E-state index is 14.2. The van der Waals surface area contributed by atoms with Crippen molar-refractivity contribution in [3.05, 3.63) is 107 Å². The summed E-state index contributed by atoms with van der Waals surface area (Å²) in [5.41, 5.74) is 4.07. The van der Waals surface area contributed by atoms with Gasteiger partial charge in [-0.2, -0.15) is 0 Å². The fourth-order valence-corrected chi connectivity index (χ4v) is 4.39. The van der Waals surface area contributed by atoms with Gasteiger partial charge in [0.15, 0.2) is 0 Å². The minimum atomic E-state index is -0.471. The summed E-state index contributed by atoms with van der Waals surface area (Å²) in [6.07, 6.45) is 2.54. The molecule has 2 amide bonds. The van der Waals surface area contributed by atoms with Crippen molar-refractivity contribution >= 4 is 11.8 Å². The summed E-state index contributed by atoms with van der Waals surface area (Å²) in [5, 5.41) is 3.01. The second kappa shape index (κ2) is 10.3. The topological polar surface area (TPSA) is 49.4 Å². The Balaban J connectivity index is 1.75. The molecule has 1 unspecified atom stereocenters. The number of nitrogens with one attached hydrogen (secondary N) is 1. The van der Waals surface area contributed by atoms with Crippen LogP contribution in [0.1, 0.15) is 47.4 Å². The highest BCUT2D eigenvalue weighted by atomic mass is 16.2. The Morgan fingerprint density at radius 3 is 2.09 bits per heavy atom. The second-order valence-electron chi connectivity index (χ2n) is 8.51. The Kier molecular flexibility index (Phi) is 7.00. The van der Waals surface area contributed by atoms with Crippen molar-refractivity contribution in [1.29, 1.82) is 0 Å². The molecule has 1 aliphatic heterocycles. The van der Waals surface area contributed by atoms with Crippen LogP contribution in [-0.4, -0.2) is 29.3 Å². The highest BCUT2D eigenvalue weighted by molar-refractivity contribution is 5.92. The Morgan fingerprint density at radius 2 is 1.50 bits per heavy atom. The molecular weight excluding hydrogens is 396 g/mol. The van der Waals surface area contributed by atoms with Gasteiger partial charge in [-0.05, 0) is 42.9 Å². The maximum absolute atomic E-state index is 14.2. The first kappa shape index (κ1) is 21.8. The van der Waals surface area contributed by atoms with Crippen LogP contribution in [0.2, 0.25) is 0 Å². The number of carbonyl (C=O) groups excluding carboxylic acids is 2. The van der Waals surface area contributed by atoms with Gasteiger partial charge in [-0.15, -0.1) is 0 Å². The number of aryl methyl sites for hydroxylation is 1. The predicted molar refractivity (Wildman–Crippen MR) is 127 cm³/mol. The lowest BCUT2D eigenvalue weighted by atomic mass is 9.89. The molecular formula is C28H30N2O2. The van der Waals surface area contributed by atoms with E-state index >= 15 is 0 Å². The van der Waals surface area contributed by atoms with Crippen LogP contribution in [0.25, 0.3) is 0 Å². The lowest BCUT2D eigenvalue weighted by Gasteiger charge is -2.33. The third-order valence-corrected chi connectivity index (χ3v) is 6.15. The van der Waals surface area contributed by atoms with Gasteiger partial charge in [0.05, 0.1) is 5.92 Å². The van der Waals surface area contributed by atoms with Crippen molar-refractivity contribution in [2.75, 3.05) is 6.54 Å². The van der Waals surface area contributed by atoms with Crippen LogP contribution in [-0.2, 0) is 16.1 Å². The number of nitrogens with zero attached hydrogens (tertiary/aromatic N) is 1. The van der Waals surface area contributed by atoms with E-state index in [0.29, 0.717) is 19.5 Å². The van der Waals surface area contributed by atoms with E-state index in [0.717, 1.165) is 29.5 Å². The van der Waals surface area contributed by atoms with E-state index in [2.05, 4.69) is 17.4 Å². The zero-order valence-corrected chi connectivity index (χ0v) is 18.5. The lowest BCUT2D eigenvalue weighted by Crippen LogP contribution is -2.49. The summed E-state index contributed by atoms with van der Waals surface area (Å²) < 4.78 is 0. The van der Waals surface area contributed by atoms with Gasteiger partial charge in [0.25, 0.3) is 0 Å². The van der Waals surface area contributed by atoms with Crippen LogP contribution < -0.4 is 5.32 Å². The summed E-state index contributed by atoms with van der Waals surface area (Å²) in [7, 11) is 0. The first-order chi connectivity index (χ1) is 15.6. The summed E-state index contributed by atoms with van der Waals surface area (Å²) in [6, 6.07) is 27.4. The molecule has 0 saturated carbocycles. The summed E-state index contributed by atoms with van der Waals surface area (Å²) in [5.74, 6) is -0.549. The van der Waals surface area contributed by atoms with Gasteiger partial charge in [-0.25, -0.2) is 0 Å². The maximum Gasteiger partial charge on any atom is 0.242 e. The van der Waals surface area contributed by atoms with Crippen LogP contribution >= 0.6 is 0 Å². The van der Waals surface area contributed by atoms with Crippen molar-refractivity contribution in [3.8, 4) is 0 Å². The van der Waals surface area contributed by atoms with Crippen LogP contribution in [0.4, 0.5) is 0 Å². The standard InChI is InChI=1S/C28H30N2O2/c1-21-15-17-22(18-16-21)20-30(25-14-8-9-19-29-27(25)31)28(32)26(23-10-4-2-5-11-23)24-12-6-3-7-13-24/h2-7,10-13,15-18,25-26H,8-9,14,19-20H2,1H3,(H,29,31). The predicted octanol–water partition coefficient (Wildman–Crippen LogP) is 4.82. The molecule has 1 N–H and O–H groups in total. The molecule has 0 aromatic heterocycles. The second-order valence-corrected chi connectivity index (χ2v) is 8.51. The van der Waals surface area contributed by atoms with E-state index in [-0.39, 0.29) is 11.8 Å². The van der Waals surface area contributed by atoms with Gasteiger partial charge < -0.3 is 10.2 Å². The van der Waals surface area contributed by atoms with Gasteiger partial charge in [-0.3, -0.25) is 9.59 Å². The minimum absolute atomic E-state index is 0.0370. The van der Waals surface area contributed by atoms with Gasteiger partial charge >= 0.3 is 0 Å². The molecule has 1 aliphatic rings. The molecule has 1 fully saturated rings. The minimum Gasteiger partial charge on any atom is -0.354 e. The molecule has 164 valence electrons. The van der Waals surface area contributed by atoms with Crippen LogP contribution in [0, 0.1) is 6.92 Å². The number of hydrogen-bond donors (Lipinski definition) is 1. The zero-order valence-electron chi connectivity index (χ0n) is 18.5. The van der Waals surface area contributed by atoms with E-state index < -0.39 is 12.0 Å². The molecule has 3 aromatic carbocycles. The molecule has 4 rings (SSSR count). The van der Waals surface area contributed by atoms with Gasteiger partial charge in [-0.1, -0.05) is 90.5 Å². The molecule has 1 heterocycles. The highest BCUT2D eigenvalue weighted by Gasteiger charge is 2.35. The third kappa shape index (κ3) is 5.08. The molecule has 0 radical (unpaired) electrons. The Labute approximate surface area is 190 Å². The largest absolute Gasteiger partial charge is 0.354 e. The van der Waals surface area contributed by atoms with Crippen molar-refractivity contribution in [3.63, 3.8) is 0 Å². The Morgan fingerprint density at radius 1 is 0.906 bits per heavy atom. The third-order valence-electron chi connectivity index (χ3n) is 6.15. The summed E-state index contributed by atoms with van der Waals surface area (Å²) >= 11 is 0. The Bertz CT molecular complexity index is 993. The zero-order chi connectivity index (χ0) is 22.3. The smallest absolute Gasteiger partial charge is 0.242 e. The average Bonchev–Trinajstić information content (AvgIpc) is 3.04. The molecule has 4 nitrogen and oxygen atoms in total. The molecule has 32 heavy (non-hydrogen) atoms. The van der Waals surface area contributed by atoms with Crippen LogP contribution in [0.15, 0.2) is 84.9 Å². The van der Waals surface area contributed by atoms with Gasteiger partial charge in [0, 0.05) is 13.1 Å². The quantitative estimate of drug-likeness (QED) is 0.614. The fourth-order valence-electron chi connectivity index (χ4n) is 4.39. The van der Waals surface area contributed by atoms with E-state index in [1.807, 2.05) is 79.7 Å². The van der Waals surface area contributed by atoms with Crippen LogP contribution in [0.3, 0.4) is 0 Å². The monoisotopic (exact) mass is 426 g/mol. The first-order valence-electron chi connectivity index (χ1n) is 11.4. The SMILES string of the molecule is Cc1ccc(CN(C(=O)C(c2ccccc2)c2ccccc2)C2CCCCNC2=O)cc1. The molecule has 4 heteroatoms. The number of carbonyl (C=O) groups is 2. The van der Waals surface area contributed by atoms with Crippen LogP contribution in [0.5, 0.6) is 0 Å². The average molecular weight is 427 g/mol. The molecule has 0 spiro atoms. The molecule has 1 atom stereocenters. The number of amides is 2. The van der Waals surface area contributed by atoms with Crippen molar-refractivity contribution in [2.45, 2.75) is 44.7 Å². The Hall–Kier alpha value is -3.40. The highest BCUT2D eigenvalue weighted by Crippen LogP contribution is 2.30. The van der Waals surface area contributed by atoms with E-state index in [1.165, 1.54) is 5.56 Å². The molecule has 0 bridgehead atoms. The van der Waals surface area contributed by atoms with Gasteiger partial charge in [0.2, 0.25) is 11.8 Å². The van der Waals surface area contributed by atoms with Crippen molar-refractivity contribution in [2.24, 2.45) is 0 Å². The van der Waals surface area contributed by atoms with Gasteiger partial charge in [0.1, 0.15) is 6.04 Å². The van der Waals surface area contributed by atoms with E-state index in [1.54, 1.807) is 4.90 Å². The fraction of sp³-hybridized carbons (Fsp3) is 0.286. The molecule has 3 aromatic rings. The van der Waals surface area contributed by atoms with E-state index in [9.17, 15) is 9.59 Å². The summed E-state index contributed by atoms with van der Waals surface area (Å²) in [4.78, 5) is 29.0. The number of hydrogen-bond acceptors (Lipinski definition) is 2.